The van der Waals surface area contributed by atoms with Crippen LogP contribution in [0.2, 0.25) is 0 Å². The number of aromatic hydroxyl groups is 1. The van der Waals surface area contributed by atoms with Crippen molar-refractivity contribution in [3.05, 3.63) is 32.3 Å². The van der Waals surface area contributed by atoms with Crippen LogP contribution in [0.1, 0.15) is 10.4 Å². The van der Waals surface area contributed by atoms with Crippen molar-refractivity contribution in [2.24, 2.45) is 0 Å². The number of hydrogen-bond donors (Lipinski definition) is 2. The van der Waals surface area contributed by atoms with Crippen LogP contribution in [-0.2, 0) is 0 Å². The molecule has 74 valence electrons. The van der Waals surface area contributed by atoms with Gasteiger partial charge in [0.05, 0.1) is 15.0 Å². The Morgan fingerprint density at radius 1 is 1.50 bits per heavy atom. The Balaban J connectivity index is 3.41. The number of hydrogen-bond acceptors (Lipinski definition) is 4. The van der Waals surface area contributed by atoms with Crippen molar-refractivity contribution in [1.82, 2.24) is 0 Å². The zero-order chi connectivity index (χ0) is 10.9. The smallest absolute Gasteiger partial charge is 0.336 e. The summed E-state index contributed by atoms with van der Waals surface area (Å²) < 4.78 is -0.195. The normalized spacial score (nSPS) is 9.79. The second-order valence-corrected chi connectivity index (χ2v) is 3.15. The van der Waals surface area contributed by atoms with E-state index in [2.05, 4.69) is 15.9 Å². The zero-order valence-corrected chi connectivity index (χ0v) is 8.19. The SMILES string of the molecule is O=C(O)c1ccc([N+](=O)[O-])c(O)c1Br. The molecule has 0 saturated carbocycles. The van der Waals surface area contributed by atoms with E-state index in [9.17, 15) is 20.0 Å². The average Bonchev–Trinajstić information content (AvgIpc) is 2.08. The van der Waals surface area contributed by atoms with Crippen LogP contribution in [0.3, 0.4) is 0 Å². The Bertz CT molecular complexity index is 378. The van der Waals surface area contributed by atoms with Crippen LogP contribution in [0.25, 0.3) is 0 Å². The maximum atomic E-state index is 10.5. The molecule has 1 rings (SSSR count). The lowest BCUT2D eigenvalue weighted by molar-refractivity contribution is -0.386. The third kappa shape index (κ3) is 1.67. The summed E-state index contributed by atoms with van der Waals surface area (Å²) in [5.74, 6) is -1.96. The minimum absolute atomic E-state index is 0.195. The first-order valence-corrected chi connectivity index (χ1v) is 4.13. The Morgan fingerprint density at radius 2 is 2.07 bits per heavy atom. The van der Waals surface area contributed by atoms with Gasteiger partial charge in [-0.1, -0.05) is 0 Å². The largest absolute Gasteiger partial charge is 0.501 e. The Morgan fingerprint density at radius 3 is 2.50 bits per heavy atom. The lowest BCUT2D eigenvalue weighted by Gasteiger charge is -2.01. The molecule has 0 aromatic heterocycles. The van der Waals surface area contributed by atoms with Crippen LogP contribution in [0.15, 0.2) is 16.6 Å². The molecule has 7 heteroatoms. The van der Waals surface area contributed by atoms with Gasteiger partial charge in [0.15, 0.2) is 0 Å². The number of nitro benzene ring substituents is 1. The number of halogens is 1. The van der Waals surface area contributed by atoms with E-state index in [-0.39, 0.29) is 10.0 Å². The summed E-state index contributed by atoms with van der Waals surface area (Å²) in [6.07, 6.45) is 0. The number of carboxylic acids is 1. The summed E-state index contributed by atoms with van der Waals surface area (Å²) in [4.78, 5) is 20.1. The Hall–Kier alpha value is -1.63. The minimum Gasteiger partial charge on any atom is -0.501 e. The van der Waals surface area contributed by atoms with Gasteiger partial charge >= 0.3 is 11.7 Å². The van der Waals surface area contributed by atoms with Gasteiger partial charge in [0.1, 0.15) is 0 Å². The van der Waals surface area contributed by atoms with Gasteiger partial charge in [-0.3, -0.25) is 10.1 Å². The van der Waals surface area contributed by atoms with Gasteiger partial charge < -0.3 is 10.2 Å². The molecular formula is C7H4BrNO5. The topological polar surface area (TPSA) is 101 Å². The van der Waals surface area contributed by atoms with E-state index in [1.807, 2.05) is 0 Å². The van der Waals surface area contributed by atoms with Crippen LogP contribution < -0.4 is 0 Å². The van der Waals surface area contributed by atoms with Gasteiger partial charge in [-0.25, -0.2) is 4.79 Å². The summed E-state index contributed by atoms with van der Waals surface area (Å²) in [6, 6.07) is 1.98. The molecule has 0 aliphatic rings. The Kier molecular flexibility index (Phi) is 2.70. The van der Waals surface area contributed by atoms with Crippen molar-refractivity contribution < 1.29 is 19.9 Å². The summed E-state index contributed by atoms with van der Waals surface area (Å²) in [5.41, 5.74) is -0.769. The number of benzene rings is 1. The molecule has 2 N–H and O–H groups in total. The highest BCUT2D eigenvalue weighted by Crippen LogP contribution is 2.36. The quantitative estimate of drug-likeness (QED) is 0.624. The minimum atomic E-state index is -1.28. The van der Waals surface area contributed by atoms with Crippen LogP contribution in [0.5, 0.6) is 5.75 Å². The van der Waals surface area contributed by atoms with Crippen molar-refractivity contribution >= 4 is 27.6 Å². The van der Waals surface area contributed by atoms with Crippen molar-refractivity contribution in [1.29, 1.82) is 0 Å². The van der Waals surface area contributed by atoms with Crippen LogP contribution in [-0.4, -0.2) is 21.1 Å². The van der Waals surface area contributed by atoms with Crippen LogP contribution >= 0.6 is 15.9 Å². The number of phenols is 1. The molecule has 0 radical (unpaired) electrons. The number of carbonyl (C=O) groups is 1. The lowest BCUT2D eigenvalue weighted by atomic mass is 10.2. The van der Waals surface area contributed by atoms with Gasteiger partial charge in [0, 0.05) is 6.07 Å². The second-order valence-electron chi connectivity index (χ2n) is 2.36. The molecule has 0 heterocycles. The molecule has 0 aliphatic heterocycles. The van der Waals surface area contributed by atoms with E-state index in [1.165, 1.54) is 0 Å². The van der Waals surface area contributed by atoms with Crippen molar-refractivity contribution in [2.45, 2.75) is 0 Å². The molecule has 0 unspecified atom stereocenters. The third-order valence-electron chi connectivity index (χ3n) is 1.52. The first-order valence-electron chi connectivity index (χ1n) is 3.34. The zero-order valence-electron chi connectivity index (χ0n) is 6.60. The van der Waals surface area contributed by atoms with Crippen molar-refractivity contribution in [3.63, 3.8) is 0 Å². The summed E-state index contributed by atoms with van der Waals surface area (Å²) >= 11 is 2.76. The maximum absolute atomic E-state index is 10.5. The number of carboxylic acid groups (broad SMARTS) is 1. The molecule has 0 bridgehead atoms. The third-order valence-corrected chi connectivity index (χ3v) is 2.32. The van der Waals surface area contributed by atoms with E-state index in [0.717, 1.165) is 12.1 Å². The lowest BCUT2D eigenvalue weighted by Crippen LogP contribution is -1.99. The molecular weight excluding hydrogens is 258 g/mol. The fourth-order valence-electron chi connectivity index (χ4n) is 0.867. The van der Waals surface area contributed by atoms with Gasteiger partial charge in [-0.2, -0.15) is 0 Å². The number of rotatable bonds is 2. The fourth-order valence-corrected chi connectivity index (χ4v) is 1.37. The first-order chi connectivity index (χ1) is 6.45. The van der Waals surface area contributed by atoms with Gasteiger partial charge in [-0.05, 0) is 22.0 Å². The monoisotopic (exact) mass is 261 g/mol. The van der Waals surface area contributed by atoms with Gasteiger partial charge in [0.25, 0.3) is 0 Å². The summed E-state index contributed by atoms with van der Waals surface area (Å²) in [7, 11) is 0. The molecule has 14 heavy (non-hydrogen) atoms. The highest BCUT2D eigenvalue weighted by Gasteiger charge is 2.21. The number of nitro groups is 1. The maximum Gasteiger partial charge on any atom is 0.336 e. The van der Waals surface area contributed by atoms with Crippen LogP contribution in [0, 0.1) is 10.1 Å². The van der Waals surface area contributed by atoms with E-state index >= 15 is 0 Å². The molecule has 0 atom stereocenters. The molecule has 1 aromatic rings. The molecule has 0 fully saturated rings. The molecule has 0 saturated heterocycles. The predicted molar refractivity (Wildman–Crippen MR) is 49.4 cm³/mol. The Labute approximate surface area is 86.1 Å². The highest BCUT2D eigenvalue weighted by atomic mass is 79.9. The average molecular weight is 262 g/mol. The fraction of sp³-hybridized carbons (Fsp3) is 0. The molecule has 0 aliphatic carbocycles. The standard InChI is InChI=1S/C7H4BrNO5/c8-5-3(7(11)12)1-2-4(6(5)10)9(13)14/h1-2,10H,(H,11,12). The highest BCUT2D eigenvalue weighted by molar-refractivity contribution is 9.10. The first kappa shape index (κ1) is 10.5. The number of phenolic OH excluding ortho intramolecular Hbond substituents is 1. The summed E-state index contributed by atoms with van der Waals surface area (Å²) in [5, 5.41) is 28.2. The summed E-state index contributed by atoms with van der Waals surface area (Å²) in [6.45, 7) is 0. The number of aromatic carboxylic acids is 1. The van der Waals surface area contributed by atoms with E-state index < -0.39 is 22.3 Å². The second kappa shape index (κ2) is 3.62. The van der Waals surface area contributed by atoms with E-state index in [1.54, 1.807) is 0 Å². The predicted octanol–water partition coefficient (Wildman–Crippen LogP) is 1.76. The molecule has 6 nitrogen and oxygen atoms in total. The van der Waals surface area contributed by atoms with Gasteiger partial charge in [-0.15, -0.1) is 0 Å². The molecule has 0 amide bonds. The molecule has 0 spiro atoms. The molecule has 1 aromatic carbocycles. The van der Waals surface area contributed by atoms with Crippen molar-refractivity contribution in [3.8, 4) is 5.75 Å². The van der Waals surface area contributed by atoms with Gasteiger partial charge in [0.2, 0.25) is 5.75 Å². The van der Waals surface area contributed by atoms with Crippen LogP contribution in [0.4, 0.5) is 5.69 Å². The van der Waals surface area contributed by atoms with E-state index in [0.29, 0.717) is 0 Å². The number of nitrogens with zero attached hydrogens (tertiary/aromatic N) is 1. The van der Waals surface area contributed by atoms with Crippen molar-refractivity contribution in [2.75, 3.05) is 0 Å². The van der Waals surface area contributed by atoms with E-state index in [4.69, 9.17) is 5.11 Å².